The van der Waals surface area contributed by atoms with Crippen molar-refractivity contribution in [3.8, 4) is 5.75 Å². The fourth-order valence-electron chi connectivity index (χ4n) is 1.52. The number of methoxy groups -OCH3 is 2. The molecule has 6 heteroatoms. The third-order valence-corrected chi connectivity index (χ3v) is 2.99. The summed E-state index contributed by atoms with van der Waals surface area (Å²) >= 11 is 11.7. The van der Waals surface area contributed by atoms with Gasteiger partial charge < -0.3 is 19.9 Å². The Morgan fingerprint density at radius 3 is 2.67 bits per heavy atom. The van der Waals surface area contributed by atoms with Gasteiger partial charge >= 0.3 is 0 Å². The van der Waals surface area contributed by atoms with E-state index in [0.29, 0.717) is 30.3 Å². The summed E-state index contributed by atoms with van der Waals surface area (Å²) in [7, 11) is 3.24. The third kappa shape index (κ3) is 4.63. The first-order valence-electron chi connectivity index (χ1n) is 5.47. The highest BCUT2D eigenvalue weighted by atomic mass is 35.5. The number of phenols is 1. The minimum atomic E-state index is -0.0354. The fourth-order valence-corrected chi connectivity index (χ4v) is 2.05. The fraction of sp³-hybridized carbons (Fsp3) is 0.500. The average molecular weight is 294 g/mol. The van der Waals surface area contributed by atoms with Gasteiger partial charge in [-0.05, 0) is 12.1 Å². The molecule has 0 heterocycles. The molecule has 1 aromatic rings. The Morgan fingerprint density at radius 1 is 1.33 bits per heavy atom. The van der Waals surface area contributed by atoms with E-state index in [1.54, 1.807) is 20.3 Å². The zero-order chi connectivity index (χ0) is 13.5. The molecule has 0 fully saturated rings. The largest absolute Gasteiger partial charge is 0.506 e. The Kier molecular flexibility index (Phi) is 6.75. The summed E-state index contributed by atoms with van der Waals surface area (Å²) in [6.45, 7) is 1.56. The predicted molar refractivity (Wildman–Crippen MR) is 72.5 cm³/mol. The van der Waals surface area contributed by atoms with E-state index in [1.165, 1.54) is 6.07 Å². The van der Waals surface area contributed by atoms with E-state index in [2.05, 4.69) is 5.32 Å². The van der Waals surface area contributed by atoms with Gasteiger partial charge in [-0.2, -0.15) is 0 Å². The van der Waals surface area contributed by atoms with Crippen molar-refractivity contribution in [3.05, 3.63) is 27.7 Å². The van der Waals surface area contributed by atoms with E-state index in [-0.39, 0.29) is 16.9 Å². The number of benzene rings is 1. The molecule has 0 aliphatic heterocycles. The summed E-state index contributed by atoms with van der Waals surface area (Å²) in [5.41, 5.74) is 0.653. The standard InChI is InChI=1S/C12H17Cl2NO3/c1-17-7-10(18-2)6-15-5-8-3-9(13)4-11(14)12(8)16/h3-4,10,15-16H,5-7H2,1-2H3. The number of aromatic hydroxyl groups is 1. The number of hydrogen-bond donors (Lipinski definition) is 2. The maximum atomic E-state index is 9.76. The number of halogens is 2. The van der Waals surface area contributed by atoms with Crippen LogP contribution in [0.1, 0.15) is 5.56 Å². The van der Waals surface area contributed by atoms with E-state index >= 15 is 0 Å². The van der Waals surface area contributed by atoms with Gasteiger partial charge in [0, 0.05) is 37.9 Å². The first-order valence-corrected chi connectivity index (χ1v) is 6.23. The molecule has 0 aliphatic carbocycles. The molecule has 2 N–H and O–H groups in total. The lowest BCUT2D eigenvalue weighted by atomic mass is 10.2. The van der Waals surface area contributed by atoms with Crippen LogP contribution in [0.3, 0.4) is 0 Å². The second-order valence-corrected chi connectivity index (χ2v) is 4.68. The molecule has 102 valence electrons. The number of ether oxygens (including phenoxy) is 2. The molecule has 1 atom stereocenters. The van der Waals surface area contributed by atoms with Crippen molar-refractivity contribution in [3.63, 3.8) is 0 Å². The summed E-state index contributed by atoms with van der Waals surface area (Å²) in [6.07, 6.45) is -0.0354. The first kappa shape index (κ1) is 15.5. The Morgan fingerprint density at radius 2 is 2.06 bits per heavy atom. The van der Waals surface area contributed by atoms with Crippen LogP contribution in [0.15, 0.2) is 12.1 Å². The predicted octanol–water partition coefficient (Wildman–Crippen LogP) is 2.45. The number of phenolic OH excluding ortho intramolecular Hbond substituents is 1. The molecule has 0 radical (unpaired) electrons. The van der Waals surface area contributed by atoms with E-state index in [9.17, 15) is 5.11 Å². The van der Waals surface area contributed by atoms with Crippen LogP contribution in [0.25, 0.3) is 0 Å². The minimum absolute atomic E-state index is 0.0354. The number of nitrogens with one attached hydrogen (secondary N) is 1. The SMILES string of the molecule is COCC(CNCc1cc(Cl)cc(Cl)c1O)OC. The molecule has 0 bridgehead atoms. The van der Waals surface area contributed by atoms with Gasteiger partial charge in [0.15, 0.2) is 0 Å². The van der Waals surface area contributed by atoms with E-state index in [4.69, 9.17) is 32.7 Å². The van der Waals surface area contributed by atoms with E-state index in [1.807, 2.05) is 0 Å². The van der Waals surface area contributed by atoms with Crippen molar-refractivity contribution in [2.24, 2.45) is 0 Å². The lowest BCUT2D eigenvalue weighted by molar-refractivity contribution is 0.0287. The molecular formula is C12H17Cl2NO3. The molecule has 1 rings (SSSR count). The van der Waals surface area contributed by atoms with Gasteiger partial charge in [0.25, 0.3) is 0 Å². The molecule has 0 aromatic heterocycles. The van der Waals surface area contributed by atoms with Crippen LogP contribution in [0, 0.1) is 0 Å². The molecule has 1 aromatic carbocycles. The Labute approximate surface area is 117 Å². The van der Waals surface area contributed by atoms with Crippen LogP contribution in [0.5, 0.6) is 5.75 Å². The maximum absolute atomic E-state index is 9.76. The highest BCUT2D eigenvalue weighted by Crippen LogP contribution is 2.30. The van der Waals surface area contributed by atoms with Crippen molar-refractivity contribution in [1.29, 1.82) is 0 Å². The van der Waals surface area contributed by atoms with Crippen molar-refractivity contribution in [2.45, 2.75) is 12.6 Å². The topological polar surface area (TPSA) is 50.7 Å². The van der Waals surface area contributed by atoms with Gasteiger partial charge in [-0.3, -0.25) is 0 Å². The molecule has 0 saturated heterocycles. The highest BCUT2D eigenvalue weighted by molar-refractivity contribution is 6.35. The average Bonchev–Trinajstić information content (AvgIpc) is 2.33. The smallest absolute Gasteiger partial charge is 0.138 e. The Balaban J connectivity index is 2.53. The molecule has 0 aliphatic rings. The van der Waals surface area contributed by atoms with E-state index < -0.39 is 0 Å². The molecule has 0 spiro atoms. The second kappa shape index (κ2) is 7.81. The zero-order valence-electron chi connectivity index (χ0n) is 10.4. The molecule has 1 unspecified atom stereocenters. The van der Waals surface area contributed by atoms with E-state index in [0.717, 1.165) is 0 Å². The van der Waals surface area contributed by atoms with Crippen LogP contribution in [0.4, 0.5) is 0 Å². The summed E-state index contributed by atoms with van der Waals surface area (Å²) in [4.78, 5) is 0. The van der Waals surface area contributed by atoms with Gasteiger partial charge in [-0.1, -0.05) is 23.2 Å². The van der Waals surface area contributed by atoms with Crippen LogP contribution < -0.4 is 5.32 Å². The van der Waals surface area contributed by atoms with Crippen LogP contribution in [-0.4, -0.2) is 38.6 Å². The minimum Gasteiger partial charge on any atom is -0.506 e. The van der Waals surface area contributed by atoms with Crippen molar-refractivity contribution >= 4 is 23.2 Å². The lowest BCUT2D eigenvalue weighted by Crippen LogP contribution is -2.31. The normalized spacial score (nSPS) is 12.7. The third-order valence-electron chi connectivity index (χ3n) is 2.48. The zero-order valence-corrected chi connectivity index (χ0v) is 11.9. The molecule has 0 amide bonds. The first-order chi connectivity index (χ1) is 8.58. The summed E-state index contributed by atoms with van der Waals surface area (Å²) < 4.78 is 10.2. The van der Waals surface area contributed by atoms with Crippen molar-refractivity contribution < 1.29 is 14.6 Å². The number of rotatable bonds is 7. The van der Waals surface area contributed by atoms with Crippen molar-refractivity contribution in [1.82, 2.24) is 5.32 Å². The molecular weight excluding hydrogens is 277 g/mol. The maximum Gasteiger partial charge on any atom is 0.138 e. The Bertz CT molecular complexity index is 388. The van der Waals surface area contributed by atoms with Gasteiger partial charge in [0.2, 0.25) is 0 Å². The monoisotopic (exact) mass is 293 g/mol. The lowest BCUT2D eigenvalue weighted by Gasteiger charge is -2.15. The van der Waals surface area contributed by atoms with Crippen LogP contribution in [-0.2, 0) is 16.0 Å². The summed E-state index contributed by atoms with van der Waals surface area (Å²) in [5, 5.41) is 13.7. The van der Waals surface area contributed by atoms with Gasteiger partial charge in [0.05, 0.1) is 17.7 Å². The van der Waals surface area contributed by atoms with Crippen molar-refractivity contribution in [2.75, 3.05) is 27.4 Å². The van der Waals surface area contributed by atoms with Gasteiger partial charge in [0.1, 0.15) is 5.75 Å². The van der Waals surface area contributed by atoms with Crippen LogP contribution >= 0.6 is 23.2 Å². The molecule has 0 saturated carbocycles. The molecule has 4 nitrogen and oxygen atoms in total. The van der Waals surface area contributed by atoms with Crippen LogP contribution in [0.2, 0.25) is 10.0 Å². The highest BCUT2D eigenvalue weighted by Gasteiger charge is 2.10. The summed E-state index contributed by atoms with van der Waals surface area (Å²) in [5.74, 6) is 0.0503. The second-order valence-electron chi connectivity index (χ2n) is 3.84. The van der Waals surface area contributed by atoms with Gasteiger partial charge in [-0.15, -0.1) is 0 Å². The summed E-state index contributed by atoms with van der Waals surface area (Å²) in [6, 6.07) is 3.18. The quantitative estimate of drug-likeness (QED) is 0.811. The molecule has 18 heavy (non-hydrogen) atoms. The van der Waals surface area contributed by atoms with Gasteiger partial charge in [-0.25, -0.2) is 0 Å². The number of hydrogen-bond acceptors (Lipinski definition) is 4. The Hall–Kier alpha value is -0.520.